The fourth-order valence-electron chi connectivity index (χ4n) is 0.267. The van der Waals surface area contributed by atoms with Gasteiger partial charge in [-0.1, -0.05) is 0 Å². The van der Waals surface area contributed by atoms with Crippen molar-refractivity contribution in [3.63, 3.8) is 0 Å². The predicted molar refractivity (Wildman–Crippen MR) is 35.5 cm³/mol. The third-order valence-corrected chi connectivity index (χ3v) is 0.812. The third kappa shape index (κ3) is 5.17. The molecule has 0 saturated carbocycles. The van der Waals surface area contributed by atoms with E-state index >= 15 is 0 Å². The highest BCUT2D eigenvalue weighted by Crippen LogP contribution is 1.87. The summed E-state index contributed by atoms with van der Waals surface area (Å²) < 4.78 is 4.82. The Kier molecular flexibility index (Phi) is 5.01. The van der Waals surface area contributed by atoms with E-state index in [1.54, 1.807) is 13.3 Å². The van der Waals surface area contributed by atoms with Gasteiger partial charge in [0.1, 0.15) is 5.76 Å². The summed E-state index contributed by atoms with van der Waals surface area (Å²) in [6, 6.07) is 0. The van der Waals surface area contributed by atoms with E-state index in [0.717, 1.165) is 5.76 Å². The lowest BCUT2D eigenvalue weighted by Gasteiger charge is -2.00. The van der Waals surface area contributed by atoms with Gasteiger partial charge in [0, 0.05) is 0 Å². The first-order chi connectivity index (χ1) is 4.31. The topological polar surface area (TPSA) is 30.5 Å². The average Bonchev–Trinajstić information content (AvgIpc) is 1.89. The van der Waals surface area contributed by atoms with Crippen LogP contribution in [0.25, 0.3) is 0 Å². The lowest BCUT2D eigenvalue weighted by Crippen LogP contribution is -2.06. The van der Waals surface area contributed by atoms with Gasteiger partial charge in [-0.2, -0.15) is 0 Å². The van der Waals surface area contributed by atoms with Gasteiger partial charge in [-0.15, -0.1) is 0 Å². The van der Waals surface area contributed by atoms with Crippen LogP contribution >= 0.6 is 0 Å². The molecule has 9 heavy (non-hydrogen) atoms. The van der Waals surface area contributed by atoms with Crippen molar-refractivity contribution in [3.8, 4) is 0 Å². The molecule has 54 valence electrons. The van der Waals surface area contributed by atoms with Crippen LogP contribution in [0.1, 0.15) is 13.8 Å². The number of hydrogen-bond donors (Lipinski definition) is 1. The van der Waals surface area contributed by atoms with Gasteiger partial charge in [0.15, 0.2) is 0 Å². The van der Waals surface area contributed by atoms with Crippen molar-refractivity contribution < 1.29 is 9.57 Å². The molecule has 0 radical (unpaired) electrons. The first-order valence-electron chi connectivity index (χ1n) is 2.89. The zero-order valence-corrected chi connectivity index (χ0v) is 6.10. The number of ether oxygens (including phenoxy) is 1. The largest absolute Gasteiger partial charge is 0.500 e. The summed E-state index contributed by atoms with van der Waals surface area (Å²) in [5.74, 6) is 0.795. The van der Waals surface area contributed by atoms with Gasteiger partial charge in [0.05, 0.1) is 19.9 Å². The SMILES string of the molecule is CCONC=C(C)OC. The molecule has 0 saturated heterocycles. The van der Waals surface area contributed by atoms with Gasteiger partial charge in [0.25, 0.3) is 0 Å². The monoisotopic (exact) mass is 131 g/mol. The van der Waals surface area contributed by atoms with Crippen LogP contribution in [0.5, 0.6) is 0 Å². The van der Waals surface area contributed by atoms with E-state index in [-0.39, 0.29) is 0 Å². The number of hydroxylamine groups is 1. The summed E-state index contributed by atoms with van der Waals surface area (Å²) in [5.41, 5.74) is 2.60. The second-order valence-corrected chi connectivity index (χ2v) is 1.51. The zero-order valence-electron chi connectivity index (χ0n) is 6.10. The molecular weight excluding hydrogens is 118 g/mol. The van der Waals surface area contributed by atoms with Crippen molar-refractivity contribution in [1.82, 2.24) is 5.48 Å². The molecule has 0 aromatic rings. The quantitative estimate of drug-likeness (QED) is 0.351. The van der Waals surface area contributed by atoms with Crippen molar-refractivity contribution >= 4 is 0 Å². The maximum Gasteiger partial charge on any atom is 0.110 e. The fourth-order valence-corrected chi connectivity index (χ4v) is 0.267. The van der Waals surface area contributed by atoms with Crippen LogP contribution in [-0.2, 0) is 9.57 Å². The Morgan fingerprint density at radius 3 is 2.78 bits per heavy atom. The van der Waals surface area contributed by atoms with Gasteiger partial charge in [-0.05, 0) is 13.8 Å². The molecule has 0 spiro atoms. The van der Waals surface area contributed by atoms with Crippen LogP contribution in [0.2, 0.25) is 0 Å². The molecule has 0 heterocycles. The first kappa shape index (κ1) is 8.30. The Morgan fingerprint density at radius 1 is 1.67 bits per heavy atom. The summed E-state index contributed by atoms with van der Waals surface area (Å²) in [7, 11) is 1.61. The standard InChI is InChI=1S/C6H13NO2/c1-4-9-7-5-6(2)8-3/h5,7H,4H2,1-3H3. The minimum Gasteiger partial charge on any atom is -0.500 e. The highest BCUT2D eigenvalue weighted by Gasteiger charge is 1.80. The van der Waals surface area contributed by atoms with Crippen molar-refractivity contribution in [2.45, 2.75) is 13.8 Å². The first-order valence-corrected chi connectivity index (χ1v) is 2.89. The molecule has 0 bridgehead atoms. The molecule has 1 N–H and O–H groups in total. The molecule has 0 aliphatic heterocycles. The summed E-state index contributed by atoms with van der Waals surface area (Å²) in [6.45, 7) is 4.39. The number of allylic oxidation sites excluding steroid dienone is 1. The third-order valence-electron chi connectivity index (χ3n) is 0.812. The Labute approximate surface area is 55.6 Å². The number of rotatable bonds is 4. The molecule has 3 nitrogen and oxygen atoms in total. The number of hydrogen-bond acceptors (Lipinski definition) is 3. The molecule has 0 aliphatic carbocycles. The van der Waals surface area contributed by atoms with E-state index in [0.29, 0.717) is 6.61 Å². The zero-order chi connectivity index (χ0) is 7.11. The smallest absolute Gasteiger partial charge is 0.110 e. The summed E-state index contributed by atoms with van der Waals surface area (Å²) >= 11 is 0. The van der Waals surface area contributed by atoms with Crippen molar-refractivity contribution in [1.29, 1.82) is 0 Å². The Balaban J connectivity index is 3.21. The molecule has 0 aliphatic rings. The van der Waals surface area contributed by atoms with Crippen LogP contribution in [0.4, 0.5) is 0 Å². The molecule has 0 aromatic heterocycles. The molecule has 3 heteroatoms. The molecular formula is C6H13NO2. The highest BCUT2D eigenvalue weighted by atomic mass is 16.6. The van der Waals surface area contributed by atoms with Crippen LogP contribution in [0, 0.1) is 0 Å². The van der Waals surface area contributed by atoms with E-state index < -0.39 is 0 Å². The number of methoxy groups -OCH3 is 1. The van der Waals surface area contributed by atoms with E-state index in [2.05, 4.69) is 5.48 Å². The lowest BCUT2D eigenvalue weighted by atomic mass is 10.6. The molecule has 0 unspecified atom stereocenters. The Hall–Kier alpha value is -0.700. The number of nitrogens with one attached hydrogen (secondary N) is 1. The fraction of sp³-hybridized carbons (Fsp3) is 0.667. The molecule has 0 fully saturated rings. The minimum atomic E-state index is 0.646. The minimum absolute atomic E-state index is 0.646. The van der Waals surface area contributed by atoms with Gasteiger partial charge < -0.3 is 4.74 Å². The van der Waals surface area contributed by atoms with Gasteiger partial charge in [-0.25, -0.2) is 0 Å². The maximum atomic E-state index is 4.82. The van der Waals surface area contributed by atoms with Gasteiger partial charge >= 0.3 is 0 Å². The second-order valence-electron chi connectivity index (χ2n) is 1.51. The van der Waals surface area contributed by atoms with Gasteiger partial charge in [0.2, 0.25) is 0 Å². The van der Waals surface area contributed by atoms with Crippen LogP contribution < -0.4 is 5.48 Å². The van der Waals surface area contributed by atoms with Crippen LogP contribution in [-0.4, -0.2) is 13.7 Å². The molecule has 0 atom stereocenters. The molecule has 0 amide bonds. The average molecular weight is 131 g/mol. The van der Waals surface area contributed by atoms with Crippen molar-refractivity contribution in [2.24, 2.45) is 0 Å². The summed E-state index contributed by atoms with van der Waals surface area (Å²) in [5, 5.41) is 0. The van der Waals surface area contributed by atoms with E-state index in [1.165, 1.54) is 0 Å². The van der Waals surface area contributed by atoms with Crippen LogP contribution in [0.15, 0.2) is 12.0 Å². The van der Waals surface area contributed by atoms with E-state index in [9.17, 15) is 0 Å². The van der Waals surface area contributed by atoms with E-state index in [1.807, 2.05) is 13.8 Å². The van der Waals surface area contributed by atoms with E-state index in [4.69, 9.17) is 9.57 Å². The van der Waals surface area contributed by atoms with Crippen LogP contribution in [0.3, 0.4) is 0 Å². The van der Waals surface area contributed by atoms with Crippen molar-refractivity contribution in [3.05, 3.63) is 12.0 Å². The Morgan fingerprint density at radius 2 is 2.33 bits per heavy atom. The second kappa shape index (κ2) is 5.44. The normalized spacial score (nSPS) is 11.2. The Bertz CT molecular complexity index is 91.1. The van der Waals surface area contributed by atoms with Gasteiger partial charge in [-0.3, -0.25) is 10.3 Å². The summed E-state index contributed by atoms with van der Waals surface area (Å²) in [4.78, 5) is 4.80. The summed E-state index contributed by atoms with van der Waals surface area (Å²) in [6.07, 6.45) is 1.66. The highest BCUT2D eigenvalue weighted by molar-refractivity contribution is 4.82. The maximum absolute atomic E-state index is 4.82. The molecule has 0 aromatic carbocycles. The van der Waals surface area contributed by atoms with Crippen molar-refractivity contribution in [2.75, 3.05) is 13.7 Å². The molecule has 0 rings (SSSR count). The predicted octanol–water partition coefficient (Wildman–Crippen LogP) is 1.04. The lowest BCUT2D eigenvalue weighted by molar-refractivity contribution is 0.0789.